The Morgan fingerprint density at radius 2 is 2.00 bits per heavy atom. The molecule has 0 aromatic heterocycles. The van der Waals surface area contributed by atoms with Crippen LogP contribution in [-0.2, 0) is 4.84 Å². The number of rotatable bonds is 3. The molecule has 19 heavy (non-hydrogen) atoms. The lowest BCUT2D eigenvalue weighted by Crippen LogP contribution is -1.89. The third-order valence-electron chi connectivity index (χ3n) is 2.81. The van der Waals surface area contributed by atoms with Crippen LogP contribution in [0.2, 0.25) is 5.02 Å². The van der Waals surface area contributed by atoms with Crippen molar-refractivity contribution in [2.75, 3.05) is 7.11 Å². The smallest absolute Gasteiger partial charge is 0.123 e. The van der Waals surface area contributed by atoms with Crippen LogP contribution < -0.4 is 0 Å². The first-order valence-corrected chi connectivity index (χ1v) is 6.12. The molecule has 2 aromatic carbocycles. The maximum atomic E-state index is 13.3. The molecular weight excluding hydrogens is 265 g/mol. The van der Waals surface area contributed by atoms with Crippen molar-refractivity contribution >= 4 is 17.8 Å². The van der Waals surface area contributed by atoms with Gasteiger partial charge in [-0.3, -0.25) is 0 Å². The molecule has 2 nitrogen and oxygen atoms in total. The van der Waals surface area contributed by atoms with Gasteiger partial charge in [-0.15, -0.1) is 0 Å². The Kier molecular flexibility index (Phi) is 4.17. The van der Waals surface area contributed by atoms with Crippen LogP contribution in [0.25, 0.3) is 11.1 Å². The maximum absolute atomic E-state index is 13.3. The largest absolute Gasteiger partial charge is 0.399 e. The van der Waals surface area contributed by atoms with E-state index in [1.54, 1.807) is 12.1 Å². The number of hydrogen-bond acceptors (Lipinski definition) is 2. The molecule has 0 bridgehead atoms. The van der Waals surface area contributed by atoms with Crippen LogP contribution >= 0.6 is 11.6 Å². The van der Waals surface area contributed by atoms with E-state index in [9.17, 15) is 4.39 Å². The number of oxime groups is 1. The van der Waals surface area contributed by atoms with Gasteiger partial charge in [0, 0.05) is 5.56 Å². The van der Waals surface area contributed by atoms with E-state index < -0.39 is 0 Å². The summed E-state index contributed by atoms with van der Waals surface area (Å²) in [4.78, 5) is 4.61. The number of hydrogen-bond donors (Lipinski definition) is 0. The van der Waals surface area contributed by atoms with E-state index in [0.29, 0.717) is 5.02 Å². The standard InChI is InChI=1S/C15H13ClFNO/c1-10-3-6-13(17)8-14(10)11-4-5-12(9-18-19-2)15(16)7-11/h3-9H,1-2H3. The topological polar surface area (TPSA) is 21.6 Å². The fourth-order valence-corrected chi connectivity index (χ4v) is 2.04. The first-order chi connectivity index (χ1) is 9.11. The first-order valence-electron chi connectivity index (χ1n) is 5.74. The minimum Gasteiger partial charge on any atom is -0.399 e. The van der Waals surface area contributed by atoms with Gasteiger partial charge in [-0.1, -0.05) is 35.0 Å². The molecule has 0 saturated carbocycles. The summed E-state index contributed by atoms with van der Waals surface area (Å²) in [7, 11) is 1.47. The molecule has 98 valence electrons. The summed E-state index contributed by atoms with van der Waals surface area (Å²) in [5.74, 6) is -0.262. The van der Waals surface area contributed by atoms with Crippen LogP contribution in [0, 0.1) is 12.7 Å². The lowest BCUT2D eigenvalue weighted by Gasteiger charge is -2.08. The van der Waals surface area contributed by atoms with Crippen molar-refractivity contribution in [2.45, 2.75) is 6.92 Å². The van der Waals surface area contributed by atoms with Crippen molar-refractivity contribution in [2.24, 2.45) is 5.16 Å². The van der Waals surface area contributed by atoms with Crippen LogP contribution in [0.5, 0.6) is 0 Å². The van der Waals surface area contributed by atoms with Crippen molar-refractivity contribution in [3.63, 3.8) is 0 Å². The molecule has 0 aliphatic heterocycles. The molecule has 0 aliphatic carbocycles. The van der Waals surface area contributed by atoms with Gasteiger partial charge in [0.2, 0.25) is 0 Å². The average Bonchev–Trinajstić information content (AvgIpc) is 2.40. The van der Waals surface area contributed by atoms with E-state index in [2.05, 4.69) is 9.99 Å². The second-order valence-electron chi connectivity index (χ2n) is 4.11. The normalized spacial score (nSPS) is 10.9. The van der Waals surface area contributed by atoms with Gasteiger partial charge < -0.3 is 4.84 Å². The Bertz CT molecular complexity index is 626. The van der Waals surface area contributed by atoms with Gasteiger partial charge in [-0.05, 0) is 41.8 Å². The summed E-state index contributed by atoms with van der Waals surface area (Å²) in [6.07, 6.45) is 1.53. The Balaban J connectivity index is 2.44. The fraction of sp³-hybridized carbons (Fsp3) is 0.133. The molecule has 0 aliphatic rings. The van der Waals surface area contributed by atoms with Gasteiger partial charge in [-0.2, -0.15) is 0 Å². The summed E-state index contributed by atoms with van der Waals surface area (Å²) in [6, 6.07) is 10.2. The lowest BCUT2D eigenvalue weighted by molar-refractivity contribution is 0.215. The highest BCUT2D eigenvalue weighted by Gasteiger charge is 2.06. The van der Waals surface area contributed by atoms with Crippen LogP contribution in [0.4, 0.5) is 4.39 Å². The highest BCUT2D eigenvalue weighted by molar-refractivity contribution is 6.33. The average molecular weight is 278 g/mol. The molecule has 2 aromatic rings. The monoisotopic (exact) mass is 277 g/mol. The third kappa shape index (κ3) is 3.12. The van der Waals surface area contributed by atoms with Crippen molar-refractivity contribution < 1.29 is 9.23 Å². The van der Waals surface area contributed by atoms with Gasteiger partial charge in [0.25, 0.3) is 0 Å². The number of nitrogens with zero attached hydrogens (tertiary/aromatic N) is 1. The van der Waals surface area contributed by atoms with E-state index in [0.717, 1.165) is 22.3 Å². The second-order valence-corrected chi connectivity index (χ2v) is 4.52. The maximum Gasteiger partial charge on any atom is 0.123 e. The van der Waals surface area contributed by atoms with Crippen molar-refractivity contribution in [1.29, 1.82) is 0 Å². The van der Waals surface area contributed by atoms with Gasteiger partial charge in [0.1, 0.15) is 12.9 Å². The van der Waals surface area contributed by atoms with Gasteiger partial charge in [0.15, 0.2) is 0 Å². The van der Waals surface area contributed by atoms with Crippen molar-refractivity contribution in [1.82, 2.24) is 0 Å². The van der Waals surface area contributed by atoms with E-state index in [1.165, 1.54) is 25.5 Å². The number of aryl methyl sites for hydroxylation is 1. The Morgan fingerprint density at radius 3 is 2.68 bits per heavy atom. The predicted octanol–water partition coefficient (Wildman–Crippen LogP) is 4.43. The third-order valence-corrected chi connectivity index (χ3v) is 3.14. The molecule has 0 spiro atoms. The summed E-state index contributed by atoms with van der Waals surface area (Å²) in [5.41, 5.74) is 3.45. The minimum atomic E-state index is -0.262. The molecule has 0 fully saturated rings. The highest BCUT2D eigenvalue weighted by Crippen LogP contribution is 2.28. The van der Waals surface area contributed by atoms with Crippen molar-refractivity contribution in [3.8, 4) is 11.1 Å². The molecule has 0 amide bonds. The summed E-state index contributed by atoms with van der Waals surface area (Å²) < 4.78 is 13.3. The molecule has 0 atom stereocenters. The van der Waals surface area contributed by atoms with Crippen LogP contribution in [-0.4, -0.2) is 13.3 Å². The molecule has 0 radical (unpaired) electrons. The zero-order valence-electron chi connectivity index (χ0n) is 10.7. The minimum absolute atomic E-state index is 0.262. The highest BCUT2D eigenvalue weighted by atomic mass is 35.5. The van der Waals surface area contributed by atoms with E-state index in [-0.39, 0.29) is 5.82 Å². The fourth-order valence-electron chi connectivity index (χ4n) is 1.81. The molecule has 0 heterocycles. The van der Waals surface area contributed by atoms with E-state index in [1.807, 2.05) is 19.1 Å². The predicted molar refractivity (Wildman–Crippen MR) is 76.2 cm³/mol. The molecule has 2 rings (SSSR count). The van der Waals surface area contributed by atoms with Gasteiger partial charge in [-0.25, -0.2) is 4.39 Å². The Morgan fingerprint density at radius 1 is 1.21 bits per heavy atom. The SMILES string of the molecule is CON=Cc1ccc(-c2cc(F)ccc2C)cc1Cl. The zero-order valence-corrected chi connectivity index (χ0v) is 11.4. The van der Waals surface area contributed by atoms with E-state index in [4.69, 9.17) is 11.6 Å². The molecule has 0 saturated heterocycles. The Labute approximate surface area is 116 Å². The van der Waals surface area contributed by atoms with Gasteiger partial charge in [0.05, 0.1) is 11.2 Å². The van der Waals surface area contributed by atoms with E-state index >= 15 is 0 Å². The summed E-state index contributed by atoms with van der Waals surface area (Å²) in [5, 5.41) is 4.21. The quantitative estimate of drug-likeness (QED) is 0.600. The zero-order chi connectivity index (χ0) is 13.8. The lowest BCUT2D eigenvalue weighted by atomic mass is 9.99. The van der Waals surface area contributed by atoms with Crippen molar-refractivity contribution in [3.05, 3.63) is 58.4 Å². The second kappa shape index (κ2) is 5.85. The van der Waals surface area contributed by atoms with Crippen LogP contribution in [0.3, 0.4) is 0 Å². The van der Waals surface area contributed by atoms with Crippen LogP contribution in [0.1, 0.15) is 11.1 Å². The molecule has 0 N–H and O–H groups in total. The number of benzene rings is 2. The summed E-state index contributed by atoms with van der Waals surface area (Å²) in [6.45, 7) is 1.93. The summed E-state index contributed by atoms with van der Waals surface area (Å²) >= 11 is 6.17. The van der Waals surface area contributed by atoms with Crippen LogP contribution in [0.15, 0.2) is 41.6 Å². The number of halogens is 2. The molecule has 4 heteroatoms. The Hall–Kier alpha value is -1.87. The molecule has 0 unspecified atom stereocenters. The first kappa shape index (κ1) is 13.6. The van der Waals surface area contributed by atoms with Gasteiger partial charge >= 0.3 is 0 Å². The molecular formula is C15H13ClFNO.